The van der Waals surface area contributed by atoms with Crippen molar-refractivity contribution in [3.8, 4) is 6.07 Å². The molecule has 0 saturated heterocycles. The molecular weight excluding hydrogens is 276 g/mol. The van der Waals surface area contributed by atoms with Crippen molar-refractivity contribution in [2.24, 2.45) is 0 Å². The fourth-order valence-corrected chi connectivity index (χ4v) is 3.76. The van der Waals surface area contributed by atoms with Crippen LogP contribution in [-0.4, -0.2) is 25.7 Å². The molecule has 0 fully saturated rings. The summed E-state index contributed by atoms with van der Waals surface area (Å²) in [5, 5.41) is 18.4. The number of aliphatic hydroxyl groups is 1. The Bertz CT molecular complexity index is 606. The van der Waals surface area contributed by atoms with Crippen LogP contribution in [0.4, 0.5) is 0 Å². The third-order valence-corrected chi connectivity index (χ3v) is 5.33. The van der Waals surface area contributed by atoms with Gasteiger partial charge in [-0.25, -0.2) is 13.1 Å². The second-order valence-corrected chi connectivity index (χ2v) is 6.49. The summed E-state index contributed by atoms with van der Waals surface area (Å²) in [5.41, 5.74) is -0.0115. The highest BCUT2D eigenvalue weighted by molar-refractivity contribution is 7.89. The van der Waals surface area contributed by atoms with E-state index in [2.05, 4.69) is 4.72 Å². The summed E-state index contributed by atoms with van der Waals surface area (Å²) in [6.45, 7) is 5.05. The van der Waals surface area contributed by atoms with Crippen molar-refractivity contribution in [3.63, 3.8) is 0 Å². The minimum Gasteiger partial charge on any atom is -0.394 e. The number of hydrogen-bond acceptors (Lipinski definition) is 4. The number of hydrogen-bond donors (Lipinski definition) is 2. The van der Waals surface area contributed by atoms with Crippen LogP contribution >= 0.6 is 0 Å². The molecule has 1 rings (SSSR count). The Morgan fingerprint density at radius 1 is 1.35 bits per heavy atom. The van der Waals surface area contributed by atoms with Crippen LogP contribution in [0.2, 0.25) is 0 Å². The van der Waals surface area contributed by atoms with E-state index >= 15 is 0 Å². The Labute approximate surface area is 120 Å². The van der Waals surface area contributed by atoms with Gasteiger partial charge < -0.3 is 5.11 Å². The molecule has 20 heavy (non-hydrogen) atoms. The van der Waals surface area contributed by atoms with E-state index in [1.54, 1.807) is 19.1 Å². The standard InChI is InChI=1S/C14H20N2O3S/c1-4-14(5-2,10-17)16-20(18,19)13-8-12(9-15)7-6-11(13)3/h6-8,16-17H,4-5,10H2,1-3H3. The lowest BCUT2D eigenvalue weighted by Crippen LogP contribution is -2.50. The summed E-state index contributed by atoms with van der Waals surface area (Å²) in [4.78, 5) is 0.0799. The number of sulfonamides is 1. The lowest BCUT2D eigenvalue weighted by molar-refractivity contribution is 0.172. The van der Waals surface area contributed by atoms with Crippen molar-refractivity contribution < 1.29 is 13.5 Å². The Morgan fingerprint density at radius 2 is 1.95 bits per heavy atom. The summed E-state index contributed by atoms with van der Waals surface area (Å²) >= 11 is 0. The molecule has 110 valence electrons. The van der Waals surface area contributed by atoms with Crippen molar-refractivity contribution in [1.82, 2.24) is 4.72 Å². The molecule has 0 bridgehead atoms. The zero-order valence-electron chi connectivity index (χ0n) is 12.0. The van der Waals surface area contributed by atoms with Gasteiger partial charge in [0.05, 0.1) is 28.7 Å². The van der Waals surface area contributed by atoms with Gasteiger partial charge >= 0.3 is 0 Å². The van der Waals surface area contributed by atoms with Crippen LogP contribution in [0.3, 0.4) is 0 Å². The number of nitrogens with zero attached hydrogens (tertiary/aromatic N) is 1. The minimum absolute atomic E-state index is 0.0799. The Kier molecular flexibility index (Phi) is 5.28. The number of benzene rings is 1. The summed E-state index contributed by atoms with van der Waals surface area (Å²) < 4.78 is 27.5. The molecule has 1 aromatic carbocycles. The van der Waals surface area contributed by atoms with Crippen molar-refractivity contribution in [2.45, 2.75) is 44.0 Å². The predicted octanol–water partition coefficient (Wildman–Crippen LogP) is 1.70. The van der Waals surface area contributed by atoms with E-state index in [1.807, 2.05) is 19.9 Å². The van der Waals surface area contributed by atoms with Gasteiger partial charge in [-0.1, -0.05) is 19.9 Å². The monoisotopic (exact) mass is 296 g/mol. The highest BCUT2D eigenvalue weighted by Crippen LogP contribution is 2.22. The van der Waals surface area contributed by atoms with E-state index in [0.29, 0.717) is 24.0 Å². The van der Waals surface area contributed by atoms with E-state index in [1.165, 1.54) is 6.07 Å². The van der Waals surface area contributed by atoms with Gasteiger partial charge in [0, 0.05) is 0 Å². The fraction of sp³-hybridized carbons (Fsp3) is 0.500. The molecule has 0 atom stereocenters. The van der Waals surface area contributed by atoms with Gasteiger partial charge in [-0.15, -0.1) is 0 Å². The van der Waals surface area contributed by atoms with E-state index < -0.39 is 15.6 Å². The SMILES string of the molecule is CCC(CC)(CO)NS(=O)(=O)c1cc(C#N)ccc1C. The largest absolute Gasteiger partial charge is 0.394 e. The zero-order valence-corrected chi connectivity index (χ0v) is 12.8. The maximum absolute atomic E-state index is 12.5. The first-order chi connectivity index (χ1) is 9.34. The van der Waals surface area contributed by atoms with Gasteiger partial charge in [0.1, 0.15) is 0 Å². The fourth-order valence-electron chi connectivity index (χ4n) is 1.95. The van der Waals surface area contributed by atoms with E-state index in [0.717, 1.165) is 0 Å². The number of rotatable bonds is 6. The predicted molar refractivity (Wildman–Crippen MR) is 76.6 cm³/mol. The number of aliphatic hydroxyl groups excluding tert-OH is 1. The molecule has 0 aromatic heterocycles. The van der Waals surface area contributed by atoms with Crippen molar-refractivity contribution in [1.29, 1.82) is 5.26 Å². The second kappa shape index (κ2) is 6.35. The van der Waals surface area contributed by atoms with Crippen LogP contribution in [0.15, 0.2) is 23.1 Å². The molecule has 1 aromatic rings. The molecule has 0 amide bonds. The van der Waals surface area contributed by atoms with Crippen LogP contribution in [0.1, 0.15) is 37.8 Å². The molecule has 0 saturated carbocycles. The topological polar surface area (TPSA) is 90.2 Å². The van der Waals surface area contributed by atoms with E-state index in [4.69, 9.17) is 5.26 Å². The molecule has 5 nitrogen and oxygen atoms in total. The molecule has 0 aliphatic heterocycles. The lowest BCUT2D eigenvalue weighted by Gasteiger charge is -2.30. The molecule has 0 aliphatic rings. The third kappa shape index (κ3) is 3.37. The first kappa shape index (κ1) is 16.6. The molecular formula is C14H20N2O3S. The zero-order chi connectivity index (χ0) is 15.4. The molecule has 0 spiro atoms. The molecule has 0 aliphatic carbocycles. The quantitative estimate of drug-likeness (QED) is 0.836. The average molecular weight is 296 g/mol. The Morgan fingerprint density at radius 3 is 2.40 bits per heavy atom. The summed E-state index contributed by atoms with van der Waals surface area (Å²) in [5.74, 6) is 0. The first-order valence-electron chi connectivity index (χ1n) is 6.49. The van der Waals surface area contributed by atoms with Crippen LogP contribution in [0.25, 0.3) is 0 Å². The van der Waals surface area contributed by atoms with Gasteiger partial charge in [0.2, 0.25) is 10.0 Å². The smallest absolute Gasteiger partial charge is 0.241 e. The van der Waals surface area contributed by atoms with Gasteiger partial charge in [-0.05, 0) is 37.5 Å². The molecule has 0 unspecified atom stereocenters. The second-order valence-electron chi connectivity index (χ2n) is 4.84. The Hall–Kier alpha value is -1.42. The molecule has 2 N–H and O–H groups in total. The average Bonchev–Trinajstić information content (AvgIpc) is 2.45. The van der Waals surface area contributed by atoms with Gasteiger partial charge in [0.15, 0.2) is 0 Å². The van der Waals surface area contributed by atoms with E-state index in [9.17, 15) is 13.5 Å². The number of aryl methyl sites for hydroxylation is 1. The minimum atomic E-state index is -3.78. The van der Waals surface area contributed by atoms with Crippen LogP contribution < -0.4 is 4.72 Å². The van der Waals surface area contributed by atoms with Crippen molar-refractivity contribution in [2.75, 3.05) is 6.61 Å². The van der Waals surface area contributed by atoms with Crippen LogP contribution in [0, 0.1) is 18.3 Å². The van der Waals surface area contributed by atoms with Crippen LogP contribution in [-0.2, 0) is 10.0 Å². The number of nitrogens with one attached hydrogen (secondary N) is 1. The van der Waals surface area contributed by atoms with Gasteiger partial charge in [0.25, 0.3) is 0 Å². The third-order valence-electron chi connectivity index (χ3n) is 3.61. The Balaban J connectivity index is 3.28. The maximum Gasteiger partial charge on any atom is 0.241 e. The number of nitriles is 1. The normalized spacial score (nSPS) is 12.2. The molecule has 0 heterocycles. The first-order valence-corrected chi connectivity index (χ1v) is 7.98. The molecule has 6 heteroatoms. The summed E-state index contributed by atoms with van der Waals surface area (Å²) in [7, 11) is -3.78. The van der Waals surface area contributed by atoms with Crippen molar-refractivity contribution >= 4 is 10.0 Å². The van der Waals surface area contributed by atoms with Gasteiger partial charge in [-0.2, -0.15) is 5.26 Å². The molecule has 0 radical (unpaired) electrons. The van der Waals surface area contributed by atoms with Crippen molar-refractivity contribution in [3.05, 3.63) is 29.3 Å². The maximum atomic E-state index is 12.5. The highest BCUT2D eigenvalue weighted by Gasteiger charge is 2.32. The van der Waals surface area contributed by atoms with E-state index in [-0.39, 0.29) is 11.5 Å². The summed E-state index contributed by atoms with van der Waals surface area (Å²) in [6, 6.07) is 6.46. The highest BCUT2D eigenvalue weighted by atomic mass is 32.2. The van der Waals surface area contributed by atoms with Gasteiger partial charge in [-0.3, -0.25) is 0 Å². The van der Waals surface area contributed by atoms with Crippen LogP contribution in [0.5, 0.6) is 0 Å². The summed E-state index contributed by atoms with van der Waals surface area (Å²) in [6.07, 6.45) is 0.965. The lowest BCUT2D eigenvalue weighted by atomic mass is 9.96.